The molecule has 17 aromatic carbocycles. The van der Waals surface area contributed by atoms with Crippen LogP contribution in [0.1, 0.15) is 0 Å². The molecule has 0 spiro atoms. The molecule has 5 heterocycles. The number of aromatic nitrogens is 5. The standard InChI is InChI=1S/C55H34N2.C44H27N3S/c1-2-15-37(16-3-1)55-49-34-52-48(33-47(49)41-18-10-12-24-50(41)56-55)42-19-11-13-25-51(42)57(52)40-30-28-36(29-31-40)53-43-20-6-8-22-45(43)54(46-23-9-7-21-44(46)53)39-27-26-35-14-4-5-17-38(35)32-39;1-2-10-30(11-3-1)43-37-27-41-36(26-35(37)33-12-4-6-14-38(33)45-43)34-13-5-8-16-40(34)47(41)32-24-22-29(23-25-32)28-18-20-31(21-19-28)44-46-39-15-7-9-17-42(39)48-44/h1-34H;1-27H. The van der Waals surface area contributed by atoms with Crippen LogP contribution in [0, 0.1) is 0 Å². The van der Waals surface area contributed by atoms with Crippen LogP contribution in [0.25, 0.3) is 207 Å². The highest BCUT2D eigenvalue weighted by Crippen LogP contribution is 2.47. The molecule has 0 aliphatic carbocycles. The first-order valence-corrected chi connectivity index (χ1v) is 36.6. The number of thiazole rings is 1. The van der Waals surface area contributed by atoms with Gasteiger partial charge in [0.1, 0.15) is 5.01 Å². The molecule has 0 aliphatic rings. The van der Waals surface area contributed by atoms with Gasteiger partial charge in [-0.25, -0.2) is 15.0 Å². The lowest BCUT2D eigenvalue weighted by Crippen LogP contribution is -1.95. The number of hydrogen-bond acceptors (Lipinski definition) is 4. The van der Waals surface area contributed by atoms with Crippen molar-refractivity contribution in [2.45, 2.75) is 0 Å². The summed E-state index contributed by atoms with van der Waals surface area (Å²) in [6.07, 6.45) is 0. The smallest absolute Gasteiger partial charge is 0.124 e. The van der Waals surface area contributed by atoms with Crippen molar-refractivity contribution >= 4 is 141 Å². The van der Waals surface area contributed by atoms with Gasteiger partial charge in [-0.1, -0.05) is 279 Å². The van der Waals surface area contributed by atoms with Crippen molar-refractivity contribution in [2.75, 3.05) is 0 Å². The van der Waals surface area contributed by atoms with E-state index in [-0.39, 0.29) is 0 Å². The fourth-order valence-electron chi connectivity index (χ4n) is 16.5. The van der Waals surface area contributed by atoms with Gasteiger partial charge >= 0.3 is 0 Å². The van der Waals surface area contributed by atoms with Gasteiger partial charge in [0.2, 0.25) is 0 Å². The Morgan fingerprint density at radius 2 is 0.581 bits per heavy atom. The number of pyridine rings is 2. The van der Waals surface area contributed by atoms with Crippen LogP contribution in [0.15, 0.2) is 370 Å². The summed E-state index contributed by atoms with van der Waals surface area (Å²) < 4.78 is 6.04. The molecule has 5 aromatic heterocycles. The minimum Gasteiger partial charge on any atom is -0.309 e. The van der Waals surface area contributed by atoms with Gasteiger partial charge in [-0.2, -0.15) is 0 Å². The van der Waals surface area contributed by atoms with Crippen molar-refractivity contribution in [3.63, 3.8) is 0 Å². The van der Waals surface area contributed by atoms with E-state index in [0.717, 1.165) is 71.8 Å². The monoisotopic (exact) mass is 1350 g/mol. The molecule has 0 aliphatic heterocycles. The molecular formula is C99H61N5S. The second kappa shape index (κ2) is 24.6. The van der Waals surface area contributed by atoms with E-state index in [1.165, 1.54) is 136 Å². The van der Waals surface area contributed by atoms with Crippen LogP contribution in [0.2, 0.25) is 0 Å². The van der Waals surface area contributed by atoms with Gasteiger partial charge in [0.05, 0.1) is 54.7 Å². The molecular weight excluding hydrogens is 1290 g/mol. The summed E-state index contributed by atoms with van der Waals surface area (Å²) in [6.45, 7) is 0. The van der Waals surface area contributed by atoms with Crippen LogP contribution >= 0.6 is 11.3 Å². The molecule has 0 saturated carbocycles. The maximum Gasteiger partial charge on any atom is 0.124 e. The van der Waals surface area contributed by atoms with Crippen molar-refractivity contribution in [1.29, 1.82) is 0 Å². The zero-order valence-corrected chi connectivity index (χ0v) is 57.7. The van der Waals surface area contributed by atoms with E-state index < -0.39 is 0 Å². The lowest BCUT2D eigenvalue weighted by molar-refractivity contribution is 1.18. The largest absolute Gasteiger partial charge is 0.309 e. The number of para-hydroxylation sites is 5. The molecule has 0 atom stereocenters. The molecule has 488 valence electrons. The van der Waals surface area contributed by atoms with E-state index in [2.05, 4.69) is 373 Å². The van der Waals surface area contributed by atoms with Crippen LogP contribution in [-0.4, -0.2) is 24.1 Å². The normalized spacial score (nSPS) is 11.8. The van der Waals surface area contributed by atoms with Gasteiger partial charge in [0.25, 0.3) is 0 Å². The van der Waals surface area contributed by atoms with Crippen LogP contribution in [-0.2, 0) is 0 Å². The third kappa shape index (κ3) is 10.0. The number of hydrogen-bond donors (Lipinski definition) is 0. The second-order valence-corrected chi connectivity index (χ2v) is 28.3. The highest BCUT2D eigenvalue weighted by atomic mass is 32.1. The maximum atomic E-state index is 5.26. The highest BCUT2D eigenvalue weighted by Gasteiger charge is 2.23. The Morgan fingerprint density at radius 1 is 0.200 bits per heavy atom. The summed E-state index contributed by atoms with van der Waals surface area (Å²) in [4.78, 5) is 15.3. The molecule has 0 radical (unpaired) electrons. The molecule has 0 N–H and O–H groups in total. The maximum absolute atomic E-state index is 5.26. The summed E-state index contributed by atoms with van der Waals surface area (Å²) in [7, 11) is 0. The lowest BCUT2D eigenvalue weighted by atomic mass is 9.85. The fraction of sp³-hybridized carbons (Fsp3) is 0. The summed E-state index contributed by atoms with van der Waals surface area (Å²) in [5.41, 5.74) is 22.8. The Bertz CT molecular complexity index is 7150. The van der Waals surface area contributed by atoms with E-state index in [4.69, 9.17) is 15.0 Å². The molecule has 6 heteroatoms. The number of nitrogens with zero attached hydrogens (tertiary/aromatic N) is 5. The lowest BCUT2D eigenvalue weighted by Gasteiger charge is -2.18. The van der Waals surface area contributed by atoms with E-state index in [9.17, 15) is 0 Å². The van der Waals surface area contributed by atoms with Crippen molar-refractivity contribution in [2.24, 2.45) is 0 Å². The minimum absolute atomic E-state index is 1.00. The highest BCUT2D eigenvalue weighted by molar-refractivity contribution is 7.21. The van der Waals surface area contributed by atoms with Gasteiger partial charge < -0.3 is 9.13 Å². The Balaban J connectivity index is 0.000000137. The number of benzene rings is 17. The first-order chi connectivity index (χ1) is 52.1. The van der Waals surface area contributed by atoms with Crippen LogP contribution in [0.4, 0.5) is 0 Å². The van der Waals surface area contributed by atoms with Gasteiger partial charge in [0, 0.05) is 71.2 Å². The van der Waals surface area contributed by atoms with E-state index in [1.54, 1.807) is 11.3 Å². The predicted molar refractivity (Wildman–Crippen MR) is 445 cm³/mol. The van der Waals surface area contributed by atoms with Crippen molar-refractivity contribution < 1.29 is 0 Å². The number of fused-ring (bicyclic) bond motifs is 16. The van der Waals surface area contributed by atoms with Gasteiger partial charge in [-0.15, -0.1) is 11.3 Å². The number of rotatable bonds is 8. The molecule has 0 bridgehead atoms. The molecule has 0 unspecified atom stereocenters. The van der Waals surface area contributed by atoms with Gasteiger partial charge in [0.15, 0.2) is 0 Å². The topological polar surface area (TPSA) is 48.5 Å². The summed E-state index contributed by atoms with van der Waals surface area (Å²) in [5.74, 6) is 0. The van der Waals surface area contributed by atoms with Crippen LogP contribution < -0.4 is 0 Å². The molecule has 0 amide bonds. The third-order valence-corrected chi connectivity index (χ3v) is 22.4. The Morgan fingerprint density at radius 3 is 1.09 bits per heavy atom. The van der Waals surface area contributed by atoms with E-state index >= 15 is 0 Å². The second-order valence-electron chi connectivity index (χ2n) is 27.3. The van der Waals surface area contributed by atoms with E-state index in [1.807, 2.05) is 6.07 Å². The Hall–Kier alpha value is -13.7. The first kappa shape index (κ1) is 60.1. The predicted octanol–water partition coefficient (Wildman–Crippen LogP) is 27.0. The molecule has 0 saturated heterocycles. The zero-order chi connectivity index (χ0) is 69.1. The molecule has 22 rings (SSSR count). The SMILES string of the molecule is c1ccc(-c2nc3ccccc3c3cc4c5ccccc5n(-c5ccc(-c6c7ccccc7c(-c7ccc8ccccc8c7)c7ccccc67)cc5)c4cc23)cc1.c1ccc(-c2nc3ccccc3c3cc4c5ccccc5n(-c5ccc(-c6ccc(-c7nc8ccccc8s7)cc6)cc5)c4cc23)cc1. The molecule has 5 nitrogen and oxygen atoms in total. The Labute approximate surface area is 608 Å². The van der Waals surface area contributed by atoms with Gasteiger partial charge in [-0.05, 0) is 167 Å². The van der Waals surface area contributed by atoms with Gasteiger partial charge in [-0.3, -0.25) is 0 Å². The van der Waals surface area contributed by atoms with Crippen molar-refractivity contribution in [3.05, 3.63) is 370 Å². The van der Waals surface area contributed by atoms with Crippen LogP contribution in [0.5, 0.6) is 0 Å². The molecule has 0 fully saturated rings. The van der Waals surface area contributed by atoms with Crippen molar-refractivity contribution in [1.82, 2.24) is 24.1 Å². The van der Waals surface area contributed by atoms with Crippen molar-refractivity contribution in [3.8, 4) is 77.8 Å². The summed E-state index contributed by atoms with van der Waals surface area (Å²) in [6, 6.07) is 134. The molecule has 105 heavy (non-hydrogen) atoms. The summed E-state index contributed by atoms with van der Waals surface area (Å²) >= 11 is 1.74. The summed E-state index contributed by atoms with van der Waals surface area (Å²) in [5, 5.41) is 20.6. The molecule has 22 aromatic rings. The zero-order valence-electron chi connectivity index (χ0n) is 56.9. The fourth-order valence-corrected chi connectivity index (χ4v) is 17.5. The average molecular weight is 1350 g/mol. The Kier molecular flexibility index (Phi) is 14.1. The van der Waals surface area contributed by atoms with E-state index in [0.29, 0.717) is 0 Å². The van der Waals surface area contributed by atoms with Crippen LogP contribution in [0.3, 0.4) is 0 Å². The average Bonchev–Trinajstić information content (AvgIpc) is 1.70. The first-order valence-electron chi connectivity index (χ1n) is 35.8. The third-order valence-electron chi connectivity index (χ3n) is 21.3. The minimum atomic E-state index is 1.00. The quantitative estimate of drug-likeness (QED) is 0.113.